The predicted molar refractivity (Wildman–Crippen MR) is 134 cm³/mol. The number of nitrogens with zero attached hydrogens (tertiary/aromatic N) is 5. The van der Waals surface area contributed by atoms with Gasteiger partial charge in [-0.05, 0) is 30.2 Å². The van der Waals surface area contributed by atoms with Crippen LogP contribution < -0.4 is 20.3 Å². The molecule has 4 rings (SSSR count). The SMILES string of the molecule is CN=C(NCc1ccc(-n2ccnc2)nc1)NC1CCN(c2ccccc2OC)C1.I. The standard InChI is InChI=1S/C22H27N7O.HI/c1-23-22(26-14-17-7-8-21(25-13-17)29-12-10-24-16-29)27-18-9-11-28(15-18)19-5-3-4-6-20(19)30-2;/h3-8,10,12-13,16,18H,9,11,14-15H2,1-2H3,(H2,23,26,27);1H. The fourth-order valence-electron chi connectivity index (χ4n) is 3.63. The van der Waals surface area contributed by atoms with E-state index in [4.69, 9.17) is 4.74 Å². The second-order valence-electron chi connectivity index (χ2n) is 7.17. The first-order valence-corrected chi connectivity index (χ1v) is 10.0. The molecule has 2 N–H and O–H groups in total. The van der Waals surface area contributed by atoms with Crippen molar-refractivity contribution in [2.75, 3.05) is 32.1 Å². The van der Waals surface area contributed by atoms with Gasteiger partial charge in [-0.25, -0.2) is 9.97 Å². The molecule has 8 nitrogen and oxygen atoms in total. The number of rotatable bonds is 6. The molecule has 1 atom stereocenters. The molecule has 1 saturated heterocycles. The lowest BCUT2D eigenvalue weighted by Crippen LogP contribution is -2.44. The molecule has 0 radical (unpaired) electrons. The van der Waals surface area contributed by atoms with Crippen molar-refractivity contribution in [2.45, 2.75) is 19.0 Å². The molecule has 0 spiro atoms. The van der Waals surface area contributed by atoms with Crippen molar-refractivity contribution in [3.8, 4) is 11.6 Å². The fourth-order valence-corrected chi connectivity index (χ4v) is 3.63. The van der Waals surface area contributed by atoms with E-state index in [1.54, 1.807) is 26.7 Å². The molecule has 0 amide bonds. The maximum atomic E-state index is 5.51. The molecule has 1 unspecified atom stereocenters. The van der Waals surface area contributed by atoms with E-state index in [1.807, 2.05) is 41.2 Å². The van der Waals surface area contributed by atoms with Gasteiger partial charge in [0.2, 0.25) is 0 Å². The van der Waals surface area contributed by atoms with Gasteiger partial charge in [0, 0.05) is 51.3 Å². The number of aliphatic imine (C=N–C) groups is 1. The van der Waals surface area contributed by atoms with Gasteiger partial charge in [-0.1, -0.05) is 18.2 Å². The van der Waals surface area contributed by atoms with Gasteiger partial charge < -0.3 is 20.3 Å². The zero-order valence-electron chi connectivity index (χ0n) is 17.7. The van der Waals surface area contributed by atoms with E-state index < -0.39 is 0 Å². The van der Waals surface area contributed by atoms with Crippen LogP contribution >= 0.6 is 24.0 Å². The Bertz CT molecular complexity index is 976. The van der Waals surface area contributed by atoms with E-state index in [1.165, 1.54) is 0 Å². The van der Waals surface area contributed by atoms with Gasteiger partial charge in [-0.2, -0.15) is 0 Å². The van der Waals surface area contributed by atoms with Gasteiger partial charge in [0.15, 0.2) is 5.96 Å². The highest BCUT2D eigenvalue weighted by molar-refractivity contribution is 14.0. The normalized spacial score (nSPS) is 16.0. The molecule has 164 valence electrons. The zero-order valence-corrected chi connectivity index (χ0v) is 20.1. The highest BCUT2D eigenvalue weighted by Crippen LogP contribution is 2.30. The molecule has 1 aliphatic rings. The maximum absolute atomic E-state index is 5.51. The van der Waals surface area contributed by atoms with Crippen LogP contribution in [0.4, 0.5) is 5.69 Å². The van der Waals surface area contributed by atoms with E-state index in [0.717, 1.165) is 48.3 Å². The minimum Gasteiger partial charge on any atom is -0.495 e. The molecule has 9 heteroatoms. The number of halogens is 1. The van der Waals surface area contributed by atoms with Crippen molar-refractivity contribution >= 4 is 35.6 Å². The number of nitrogens with one attached hydrogen (secondary N) is 2. The Morgan fingerprint density at radius 1 is 1.26 bits per heavy atom. The lowest BCUT2D eigenvalue weighted by atomic mass is 10.2. The van der Waals surface area contributed by atoms with Gasteiger partial charge in [0.25, 0.3) is 0 Å². The number of methoxy groups -OCH3 is 1. The van der Waals surface area contributed by atoms with E-state index in [9.17, 15) is 0 Å². The van der Waals surface area contributed by atoms with Crippen LogP contribution in [0.2, 0.25) is 0 Å². The summed E-state index contributed by atoms with van der Waals surface area (Å²) in [4.78, 5) is 15.3. The first-order chi connectivity index (χ1) is 14.8. The van der Waals surface area contributed by atoms with E-state index in [0.29, 0.717) is 12.6 Å². The molecular weight excluding hydrogens is 505 g/mol. The lowest BCUT2D eigenvalue weighted by Gasteiger charge is -2.22. The highest BCUT2D eigenvalue weighted by Gasteiger charge is 2.25. The summed E-state index contributed by atoms with van der Waals surface area (Å²) < 4.78 is 7.39. The summed E-state index contributed by atoms with van der Waals surface area (Å²) in [5.41, 5.74) is 2.22. The molecule has 0 bridgehead atoms. The summed E-state index contributed by atoms with van der Waals surface area (Å²) in [5.74, 6) is 2.55. The lowest BCUT2D eigenvalue weighted by molar-refractivity contribution is 0.415. The number of ether oxygens (including phenoxy) is 1. The average Bonchev–Trinajstić information content (AvgIpc) is 3.49. The molecule has 2 aromatic heterocycles. The molecule has 0 saturated carbocycles. The van der Waals surface area contributed by atoms with Gasteiger partial charge in [-0.3, -0.25) is 9.56 Å². The molecule has 1 aliphatic heterocycles. The van der Waals surface area contributed by atoms with Crippen molar-refractivity contribution in [3.63, 3.8) is 0 Å². The van der Waals surface area contributed by atoms with E-state index >= 15 is 0 Å². The smallest absolute Gasteiger partial charge is 0.191 e. The first kappa shape index (κ1) is 22.9. The topological polar surface area (TPSA) is 79.6 Å². The number of aromatic nitrogens is 3. The van der Waals surface area contributed by atoms with Crippen molar-refractivity contribution in [3.05, 3.63) is 66.9 Å². The van der Waals surface area contributed by atoms with Gasteiger partial charge in [-0.15, -0.1) is 24.0 Å². The second kappa shape index (κ2) is 11.0. The van der Waals surface area contributed by atoms with Crippen LogP contribution in [0.5, 0.6) is 5.75 Å². The van der Waals surface area contributed by atoms with Gasteiger partial charge >= 0.3 is 0 Å². The van der Waals surface area contributed by atoms with Crippen molar-refractivity contribution < 1.29 is 4.74 Å². The number of anilines is 1. The van der Waals surface area contributed by atoms with E-state index in [2.05, 4.69) is 42.6 Å². The number of guanidine groups is 1. The van der Waals surface area contributed by atoms with Gasteiger partial charge in [0.05, 0.1) is 12.8 Å². The van der Waals surface area contributed by atoms with E-state index in [-0.39, 0.29) is 24.0 Å². The average molecular weight is 533 g/mol. The second-order valence-corrected chi connectivity index (χ2v) is 7.17. The monoisotopic (exact) mass is 533 g/mol. The number of hydrogen-bond acceptors (Lipinski definition) is 5. The molecule has 3 heterocycles. The van der Waals surface area contributed by atoms with Crippen LogP contribution in [-0.4, -0.2) is 53.8 Å². The number of benzene rings is 1. The van der Waals surface area contributed by atoms with Crippen LogP contribution in [0.25, 0.3) is 5.82 Å². The Balaban J connectivity index is 0.00000272. The van der Waals surface area contributed by atoms with Crippen LogP contribution in [-0.2, 0) is 6.54 Å². The molecule has 0 aliphatic carbocycles. The van der Waals surface area contributed by atoms with Crippen LogP contribution in [0.15, 0.2) is 66.3 Å². The first-order valence-electron chi connectivity index (χ1n) is 10.0. The molecule has 1 fully saturated rings. The summed E-state index contributed by atoms with van der Waals surface area (Å²) in [6.07, 6.45) is 8.27. The quantitative estimate of drug-likeness (QED) is 0.288. The third-order valence-corrected chi connectivity index (χ3v) is 5.22. The van der Waals surface area contributed by atoms with Crippen molar-refractivity contribution in [1.82, 2.24) is 25.2 Å². The largest absolute Gasteiger partial charge is 0.495 e. The number of imidazole rings is 1. The number of hydrogen-bond donors (Lipinski definition) is 2. The molecular formula is C22H28IN7O. The Morgan fingerprint density at radius 3 is 2.84 bits per heavy atom. The molecule has 3 aromatic rings. The van der Waals surface area contributed by atoms with Crippen LogP contribution in [0.3, 0.4) is 0 Å². The Morgan fingerprint density at radius 2 is 2.13 bits per heavy atom. The summed E-state index contributed by atoms with van der Waals surface area (Å²) >= 11 is 0. The number of pyridine rings is 1. The Hall–Kier alpha value is -2.82. The Labute approximate surface area is 199 Å². The summed E-state index contributed by atoms with van der Waals surface area (Å²) in [7, 11) is 3.51. The van der Waals surface area contributed by atoms with Crippen LogP contribution in [0.1, 0.15) is 12.0 Å². The van der Waals surface area contributed by atoms with Crippen molar-refractivity contribution in [2.24, 2.45) is 4.99 Å². The third kappa shape index (κ3) is 5.66. The maximum Gasteiger partial charge on any atom is 0.191 e. The van der Waals surface area contributed by atoms with Crippen molar-refractivity contribution in [1.29, 1.82) is 0 Å². The fraction of sp³-hybridized carbons (Fsp3) is 0.318. The van der Waals surface area contributed by atoms with Gasteiger partial charge in [0.1, 0.15) is 17.9 Å². The third-order valence-electron chi connectivity index (χ3n) is 5.22. The highest BCUT2D eigenvalue weighted by atomic mass is 127. The molecule has 31 heavy (non-hydrogen) atoms. The zero-order chi connectivity index (χ0) is 20.8. The summed E-state index contributed by atoms with van der Waals surface area (Å²) in [6.45, 7) is 2.54. The van der Waals surface area contributed by atoms with Crippen LogP contribution in [0, 0.1) is 0 Å². The minimum absolute atomic E-state index is 0. The molecule has 1 aromatic carbocycles. The number of para-hydroxylation sites is 2. The predicted octanol–water partition coefficient (Wildman–Crippen LogP) is 2.84. The summed E-state index contributed by atoms with van der Waals surface area (Å²) in [5, 5.41) is 6.91. The minimum atomic E-state index is 0. The Kier molecular flexibility index (Phi) is 8.10. The summed E-state index contributed by atoms with van der Waals surface area (Å²) in [6, 6.07) is 12.5.